The first-order valence-electron chi connectivity index (χ1n) is 8.95. The Labute approximate surface area is 167 Å². The number of nitrogens with one attached hydrogen (secondary N) is 1. The van der Waals surface area contributed by atoms with E-state index in [1.54, 1.807) is 18.7 Å². The summed E-state index contributed by atoms with van der Waals surface area (Å²) in [5, 5.41) is 6.66. The van der Waals surface area contributed by atoms with Crippen LogP contribution in [0, 0.1) is 0 Å². The lowest BCUT2D eigenvalue weighted by Crippen LogP contribution is -2.26. The second kappa shape index (κ2) is 8.19. The summed E-state index contributed by atoms with van der Waals surface area (Å²) in [5.41, 5.74) is 3.50. The second-order valence-electron chi connectivity index (χ2n) is 6.26. The maximum Gasteiger partial charge on any atom is 0.270 e. The predicted molar refractivity (Wildman–Crippen MR) is 112 cm³/mol. The first-order valence-corrected chi connectivity index (χ1v) is 9.83. The minimum absolute atomic E-state index is 0.163. The van der Waals surface area contributed by atoms with Crippen LogP contribution in [0.2, 0.25) is 0 Å². The number of hydrogen-bond donors (Lipinski definition) is 1. The highest BCUT2D eigenvalue weighted by atomic mass is 32.1. The fraction of sp³-hybridized carbons (Fsp3) is 0.136. The smallest absolute Gasteiger partial charge is 0.270 e. The molecule has 0 saturated carbocycles. The summed E-state index contributed by atoms with van der Waals surface area (Å²) in [6, 6.07) is 17.7. The summed E-state index contributed by atoms with van der Waals surface area (Å²) < 4.78 is 5.17. The van der Waals surface area contributed by atoms with Crippen molar-refractivity contribution in [1.29, 1.82) is 0 Å². The van der Waals surface area contributed by atoms with E-state index in [4.69, 9.17) is 4.74 Å². The van der Waals surface area contributed by atoms with Crippen molar-refractivity contribution in [3.63, 3.8) is 0 Å². The van der Waals surface area contributed by atoms with Crippen LogP contribution in [-0.2, 0) is 6.42 Å². The summed E-state index contributed by atoms with van der Waals surface area (Å²) in [5.74, 6) is 0.630. The Kier molecular flexibility index (Phi) is 5.30. The number of fused-ring (bicyclic) bond motifs is 1. The molecule has 0 unspecified atom stereocenters. The lowest BCUT2D eigenvalue weighted by atomic mass is 10.1. The normalized spacial score (nSPS) is 10.8. The molecule has 0 fully saturated rings. The number of carbonyl (C=O) groups excluding carboxylic acids is 1. The number of aromatic nitrogens is 2. The summed E-state index contributed by atoms with van der Waals surface area (Å²) in [4.78, 5) is 21.4. The molecule has 0 atom stereocenters. The number of ether oxygens (including phenoxy) is 1. The van der Waals surface area contributed by atoms with Crippen LogP contribution in [0.15, 0.2) is 66.2 Å². The van der Waals surface area contributed by atoms with Gasteiger partial charge in [0.05, 0.1) is 12.6 Å². The van der Waals surface area contributed by atoms with Gasteiger partial charge in [0.1, 0.15) is 16.5 Å². The van der Waals surface area contributed by atoms with Gasteiger partial charge in [-0.2, -0.15) is 0 Å². The Morgan fingerprint density at radius 2 is 1.93 bits per heavy atom. The molecule has 2 aromatic carbocycles. The van der Waals surface area contributed by atoms with Crippen LogP contribution in [0.1, 0.15) is 16.1 Å². The van der Waals surface area contributed by atoms with Gasteiger partial charge >= 0.3 is 0 Å². The van der Waals surface area contributed by atoms with Crippen LogP contribution < -0.4 is 10.1 Å². The number of carbonyl (C=O) groups is 1. The van der Waals surface area contributed by atoms with Gasteiger partial charge < -0.3 is 10.1 Å². The first kappa shape index (κ1) is 18.1. The van der Waals surface area contributed by atoms with Crippen molar-refractivity contribution in [1.82, 2.24) is 15.3 Å². The third-order valence-electron chi connectivity index (χ3n) is 4.47. The van der Waals surface area contributed by atoms with Gasteiger partial charge in [0.25, 0.3) is 5.91 Å². The van der Waals surface area contributed by atoms with Crippen LogP contribution in [0.3, 0.4) is 0 Å². The monoisotopic (exact) mass is 389 g/mol. The van der Waals surface area contributed by atoms with Crippen molar-refractivity contribution in [2.45, 2.75) is 6.42 Å². The number of nitrogens with zero attached hydrogens (tertiary/aromatic N) is 2. The molecule has 5 nitrogen and oxygen atoms in total. The van der Waals surface area contributed by atoms with Crippen molar-refractivity contribution in [3.8, 4) is 16.3 Å². The summed E-state index contributed by atoms with van der Waals surface area (Å²) in [6.07, 6.45) is 2.51. The molecule has 28 heavy (non-hydrogen) atoms. The number of amides is 1. The molecule has 0 saturated heterocycles. The van der Waals surface area contributed by atoms with E-state index < -0.39 is 0 Å². The third-order valence-corrected chi connectivity index (χ3v) is 5.36. The van der Waals surface area contributed by atoms with Crippen molar-refractivity contribution >= 4 is 28.1 Å². The van der Waals surface area contributed by atoms with E-state index in [2.05, 4.69) is 15.3 Å². The van der Waals surface area contributed by atoms with Gasteiger partial charge in [-0.05, 0) is 42.3 Å². The van der Waals surface area contributed by atoms with Gasteiger partial charge in [-0.25, -0.2) is 4.98 Å². The van der Waals surface area contributed by atoms with Crippen LogP contribution in [0.5, 0.6) is 5.75 Å². The Hall–Kier alpha value is -3.25. The molecule has 1 amide bonds. The second-order valence-corrected chi connectivity index (χ2v) is 7.12. The molecule has 0 radical (unpaired) electrons. The SMILES string of the molecule is COc1ccc(-c2nc(C(=O)NCCc3cccc4cccnc34)cs2)cc1. The molecular weight excluding hydrogens is 370 g/mol. The molecule has 0 spiro atoms. The minimum Gasteiger partial charge on any atom is -0.497 e. The third kappa shape index (κ3) is 3.87. The highest BCUT2D eigenvalue weighted by molar-refractivity contribution is 7.13. The molecule has 140 valence electrons. The highest BCUT2D eigenvalue weighted by Crippen LogP contribution is 2.25. The highest BCUT2D eigenvalue weighted by Gasteiger charge is 2.12. The van der Waals surface area contributed by atoms with E-state index in [1.807, 2.05) is 54.6 Å². The number of para-hydroxylation sites is 1. The molecule has 0 aliphatic rings. The Morgan fingerprint density at radius 3 is 2.75 bits per heavy atom. The maximum absolute atomic E-state index is 12.4. The molecule has 0 aliphatic heterocycles. The number of hydrogen-bond acceptors (Lipinski definition) is 5. The zero-order valence-electron chi connectivity index (χ0n) is 15.4. The Balaban J connectivity index is 1.39. The topological polar surface area (TPSA) is 64.1 Å². The average Bonchev–Trinajstić information content (AvgIpc) is 3.24. The summed E-state index contributed by atoms with van der Waals surface area (Å²) in [6.45, 7) is 0.532. The van der Waals surface area contributed by atoms with Gasteiger partial charge in [-0.1, -0.05) is 24.3 Å². The number of thiazole rings is 1. The number of pyridine rings is 1. The largest absolute Gasteiger partial charge is 0.497 e. The Bertz CT molecular complexity index is 1100. The molecule has 2 aromatic heterocycles. The van der Waals surface area contributed by atoms with Crippen LogP contribution >= 0.6 is 11.3 Å². The molecule has 4 rings (SSSR count). The van der Waals surface area contributed by atoms with Crippen LogP contribution in [-0.4, -0.2) is 29.5 Å². The molecule has 1 N–H and O–H groups in total. The Morgan fingerprint density at radius 1 is 1.11 bits per heavy atom. The van der Waals surface area contributed by atoms with Gasteiger partial charge in [0, 0.05) is 29.1 Å². The maximum atomic E-state index is 12.4. The van der Waals surface area contributed by atoms with E-state index in [1.165, 1.54) is 11.3 Å². The van der Waals surface area contributed by atoms with Crippen molar-refractivity contribution in [3.05, 3.63) is 77.4 Å². The van der Waals surface area contributed by atoms with E-state index in [-0.39, 0.29) is 5.91 Å². The van der Waals surface area contributed by atoms with E-state index >= 15 is 0 Å². The fourth-order valence-electron chi connectivity index (χ4n) is 3.01. The predicted octanol–water partition coefficient (Wildman–Crippen LogP) is 4.34. The zero-order chi connectivity index (χ0) is 19.3. The van der Waals surface area contributed by atoms with Crippen LogP contribution in [0.25, 0.3) is 21.5 Å². The standard InChI is InChI=1S/C22H19N3O2S/c1-27-18-9-7-17(8-10-18)22-25-19(14-28-22)21(26)24-13-11-16-5-2-4-15-6-3-12-23-20(15)16/h2-10,12,14H,11,13H2,1H3,(H,24,26). The molecule has 0 bridgehead atoms. The quantitative estimate of drug-likeness (QED) is 0.533. The molecule has 6 heteroatoms. The molecule has 4 aromatic rings. The van der Waals surface area contributed by atoms with Crippen molar-refractivity contribution < 1.29 is 9.53 Å². The molecule has 2 heterocycles. The van der Waals surface area contributed by atoms with Gasteiger partial charge in [0.2, 0.25) is 0 Å². The van der Waals surface area contributed by atoms with E-state index in [9.17, 15) is 4.79 Å². The summed E-state index contributed by atoms with van der Waals surface area (Å²) in [7, 11) is 1.63. The average molecular weight is 389 g/mol. The van der Waals surface area contributed by atoms with Crippen molar-refractivity contribution in [2.75, 3.05) is 13.7 Å². The zero-order valence-corrected chi connectivity index (χ0v) is 16.2. The lowest BCUT2D eigenvalue weighted by molar-refractivity contribution is 0.0950. The molecular formula is C22H19N3O2S. The van der Waals surface area contributed by atoms with Gasteiger partial charge in [-0.3, -0.25) is 9.78 Å². The number of methoxy groups -OCH3 is 1. The fourth-order valence-corrected chi connectivity index (χ4v) is 3.82. The first-order chi connectivity index (χ1) is 13.7. The van der Waals surface area contributed by atoms with Crippen molar-refractivity contribution in [2.24, 2.45) is 0 Å². The van der Waals surface area contributed by atoms with E-state index in [0.717, 1.165) is 39.2 Å². The number of rotatable bonds is 6. The summed E-state index contributed by atoms with van der Waals surface area (Å²) >= 11 is 1.45. The number of benzene rings is 2. The minimum atomic E-state index is -0.163. The lowest BCUT2D eigenvalue weighted by Gasteiger charge is -2.06. The van der Waals surface area contributed by atoms with E-state index in [0.29, 0.717) is 12.2 Å². The van der Waals surface area contributed by atoms with Gasteiger partial charge in [-0.15, -0.1) is 11.3 Å². The van der Waals surface area contributed by atoms with Gasteiger partial charge in [0.15, 0.2) is 0 Å². The molecule has 0 aliphatic carbocycles. The van der Waals surface area contributed by atoms with Crippen LogP contribution in [0.4, 0.5) is 0 Å².